The van der Waals surface area contributed by atoms with Gasteiger partial charge in [-0.15, -0.1) is 13.2 Å². The van der Waals surface area contributed by atoms with Crippen LogP contribution in [-0.2, 0) is 9.59 Å². The van der Waals surface area contributed by atoms with Crippen LogP contribution >= 0.6 is 0 Å². The van der Waals surface area contributed by atoms with E-state index in [9.17, 15) is 27.6 Å². The van der Waals surface area contributed by atoms with Crippen LogP contribution in [-0.4, -0.2) is 54.1 Å². The zero-order chi connectivity index (χ0) is 27.2. The number of anilines is 1. The molecule has 1 aliphatic heterocycles. The predicted octanol–water partition coefficient (Wildman–Crippen LogP) is 4.11. The molecule has 2 saturated carbocycles. The topological polar surface area (TPSA) is 87.2 Å². The van der Waals surface area contributed by atoms with Gasteiger partial charge in [-0.1, -0.05) is 24.0 Å². The third kappa shape index (κ3) is 5.23. The number of halogens is 3. The molecule has 0 aromatic heterocycles. The van der Waals surface area contributed by atoms with Crippen molar-refractivity contribution in [2.75, 3.05) is 4.90 Å². The maximum absolute atomic E-state index is 13.8. The minimum atomic E-state index is -4.83. The van der Waals surface area contributed by atoms with E-state index in [1.807, 2.05) is 4.90 Å². The largest absolute Gasteiger partial charge is 0.573 e. The van der Waals surface area contributed by atoms with Crippen LogP contribution in [0.1, 0.15) is 66.9 Å². The van der Waals surface area contributed by atoms with Gasteiger partial charge in [-0.25, -0.2) is 0 Å². The quantitative estimate of drug-likeness (QED) is 0.549. The van der Waals surface area contributed by atoms with Gasteiger partial charge in [0.05, 0.1) is 12.5 Å². The van der Waals surface area contributed by atoms with Crippen LogP contribution in [0.2, 0.25) is 0 Å². The summed E-state index contributed by atoms with van der Waals surface area (Å²) < 4.78 is 41.7. The average Bonchev–Trinajstić information content (AvgIpc) is 3.57. The van der Waals surface area contributed by atoms with Crippen LogP contribution < -0.4 is 15.1 Å². The van der Waals surface area contributed by atoms with Crippen LogP contribution in [0.25, 0.3) is 0 Å². The number of fused-ring (bicyclic) bond motifs is 2. The Balaban J connectivity index is 1.52. The summed E-state index contributed by atoms with van der Waals surface area (Å²) in [6.07, 6.45) is -1.23. The van der Waals surface area contributed by atoms with Crippen molar-refractivity contribution in [1.82, 2.24) is 4.90 Å². The SMILES string of the molecule is [B]c1ccc2c(c1)C(N(C(=O)CCC(=O)O)C1CC1)C1CCCC1N2C(=O)c1ccc(OC(F)(F)F)cc1. The first-order chi connectivity index (χ1) is 18.0. The molecule has 2 aromatic rings. The summed E-state index contributed by atoms with van der Waals surface area (Å²) in [4.78, 5) is 41.8. The number of amides is 2. The van der Waals surface area contributed by atoms with Gasteiger partial charge in [0.2, 0.25) is 5.91 Å². The summed E-state index contributed by atoms with van der Waals surface area (Å²) >= 11 is 0. The molecule has 7 nitrogen and oxygen atoms in total. The van der Waals surface area contributed by atoms with Gasteiger partial charge in [-0.2, -0.15) is 0 Å². The van der Waals surface area contributed by atoms with Crippen molar-refractivity contribution in [2.45, 2.75) is 69.4 Å². The number of hydrogen-bond acceptors (Lipinski definition) is 4. The first kappa shape index (κ1) is 26.1. The Morgan fingerprint density at radius 3 is 2.37 bits per heavy atom. The summed E-state index contributed by atoms with van der Waals surface area (Å²) in [5, 5.41) is 9.13. The monoisotopic (exact) mass is 526 g/mol. The second kappa shape index (κ2) is 10.00. The normalized spacial score (nSPS) is 22.4. The summed E-state index contributed by atoms with van der Waals surface area (Å²) in [5.74, 6) is -2.13. The lowest BCUT2D eigenvalue weighted by Gasteiger charge is -2.48. The van der Waals surface area contributed by atoms with Crippen molar-refractivity contribution < 1.29 is 37.4 Å². The number of alkyl halides is 3. The predicted molar refractivity (Wildman–Crippen MR) is 132 cm³/mol. The average molecular weight is 526 g/mol. The minimum absolute atomic E-state index is 0.0141. The van der Waals surface area contributed by atoms with Crippen LogP contribution in [0.3, 0.4) is 0 Å². The molecule has 0 saturated heterocycles. The number of carbonyl (C=O) groups excluding carboxylic acids is 2. The van der Waals surface area contributed by atoms with E-state index in [0.717, 1.165) is 43.4 Å². The van der Waals surface area contributed by atoms with Gasteiger partial charge >= 0.3 is 12.3 Å². The number of carboxylic acid groups (broad SMARTS) is 1. The molecule has 2 radical (unpaired) electrons. The van der Waals surface area contributed by atoms with Crippen molar-refractivity contribution in [2.24, 2.45) is 5.92 Å². The first-order valence-electron chi connectivity index (χ1n) is 12.7. The molecule has 11 heteroatoms. The lowest BCUT2D eigenvalue weighted by molar-refractivity contribution is -0.274. The second-order valence-corrected chi connectivity index (χ2v) is 10.1. The molecule has 0 spiro atoms. The molecule has 5 rings (SSSR count). The van der Waals surface area contributed by atoms with E-state index in [1.54, 1.807) is 23.1 Å². The molecule has 0 bridgehead atoms. The van der Waals surface area contributed by atoms with E-state index >= 15 is 0 Å². The van der Waals surface area contributed by atoms with Gasteiger partial charge in [-0.05, 0) is 61.6 Å². The van der Waals surface area contributed by atoms with Gasteiger partial charge in [-0.3, -0.25) is 14.4 Å². The fourth-order valence-corrected chi connectivity index (χ4v) is 5.93. The summed E-state index contributed by atoms with van der Waals surface area (Å²) in [6.45, 7) is 0. The van der Waals surface area contributed by atoms with E-state index in [1.165, 1.54) is 12.1 Å². The Morgan fingerprint density at radius 2 is 1.74 bits per heavy atom. The number of carbonyl (C=O) groups is 3. The van der Waals surface area contributed by atoms with E-state index < -0.39 is 18.1 Å². The molecule has 3 aliphatic rings. The third-order valence-electron chi connectivity index (χ3n) is 7.53. The number of carboxylic acids is 1. The maximum Gasteiger partial charge on any atom is 0.573 e. The van der Waals surface area contributed by atoms with Crippen LogP contribution in [0, 0.1) is 5.92 Å². The van der Waals surface area contributed by atoms with Gasteiger partial charge < -0.3 is 19.6 Å². The molecule has 38 heavy (non-hydrogen) atoms. The highest BCUT2D eigenvalue weighted by atomic mass is 19.4. The Morgan fingerprint density at radius 1 is 1.03 bits per heavy atom. The maximum atomic E-state index is 13.8. The van der Waals surface area contributed by atoms with Crippen molar-refractivity contribution >= 4 is 36.8 Å². The third-order valence-corrected chi connectivity index (χ3v) is 7.53. The Hall–Kier alpha value is -3.50. The Kier molecular flexibility index (Phi) is 6.87. The van der Waals surface area contributed by atoms with Crippen LogP contribution in [0.4, 0.5) is 18.9 Å². The fraction of sp³-hybridized carbons (Fsp3) is 0.444. The number of nitrogens with zero attached hydrogens (tertiary/aromatic N) is 2. The number of ether oxygens (including phenoxy) is 1. The zero-order valence-electron chi connectivity index (χ0n) is 20.5. The van der Waals surface area contributed by atoms with Gasteiger partial charge in [0.15, 0.2) is 0 Å². The fourth-order valence-electron chi connectivity index (χ4n) is 5.93. The minimum Gasteiger partial charge on any atom is -0.481 e. The Bertz CT molecular complexity index is 1250. The van der Waals surface area contributed by atoms with Crippen molar-refractivity contribution in [3.63, 3.8) is 0 Å². The van der Waals surface area contributed by atoms with Crippen molar-refractivity contribution in [3.05, 3.63) is 53.6 Å². The number of benzene rings is 2. The number of aliphatic carboxylic acids is 1. The summed E-state index contributed by atoms with van der Waals surface area (Å²) in [5.41, 5.74) is 2.02. The molecule has 198 valence electrons. The molecule has 2 aromatic carbocycles. The van der Waals surface area contributed by atoms with Crippen molar-refractivity contribution in [1.29, 1.82) is 0 Å². The molecule has 3 unspecified atom stereocenters. The number of hydrogen-bond donors (Lipinski definition) is 1. The van der Waals surface area contributed by atoms with Crippen LogP contribution in [0.5, 0.6) is 5.75 Å². The molecular weight excluding hydrogens is 500 g/mol. The molecule has 2 amide bonds. The highest BCUT2D eigenvalue weighted by Crippen LogP contribution is 2.52. The molecule has 2 aliphatic carbocycles. The number of rotatable bonds is 7. The van der Waals surface area contributed by atoms with E-state index in [-0.39, 0.29) is 54.3 Å². The molecule has 1 N–H and O–H groups in total. The summed E-state index contributed by atoms with van der Waals surface area (Å²) in [6, 6.07) is 9.47. The van der Waals surface area contributed by atoms with Crippen LogP contribution in [0.15, 0.2) is 42.5 Å². The van der Waals surface area contributed by atoms with E-state index in [2.05, 4.69) is 4.74 Å². The second-order valence-electron chi connectivity index (χ2n) is 10.1. The van der Waals surface area contributed by atoms with Gasteiger partial charge in [0.1, 0.15) is 13.6 Å². The Labute approximate surface area is 219 Å². The van der Waals surface area contributed by atoms with E-state index in [4.69, 9.17) is 13.0 Å². The van der Waals surface area contributed by atoms with E-state index in [0.29, 0.717) is 17.6 Å². The lowest BCUT2D eigenvalue weighted by atomic mass is 9.79. The molecule has 2 fully saturated rings. The molecular formula is C27H26BF3N2O5. The smallest absolute Gasteiger partial charge is 0.481 e. The zero-order valence-corrected chi connectivity index (χ0v) is 20.5. The summed E-state index contributed by atoms with van der Waals surface area (Å²) in [7, 11) is 6.16. The highest BCUT2D eigenvalue weighted by Gasteiger charge is 2.51. The highest BCUT2D eigenvalue weighted by molar-refractivity contribution is 6.32. The lowest BCUT2D eigenvalue weighted by Crippen LogP contribution is -2.53. The molecule has 1 heterocycles. The molecule has 3 atom stereocenters. The van der Waals surface area contributed by atoms with Gasteiger partial charge in [0, 0.05) is 35.7 Å². The standard InChI is InChI=1S/C27H26BF3N2O5/c28-16-6-11-22-20(14-16)25(32(17-7-8-17)23(34)12-13-24(35)36)19-2-1-3-21(19)33(22)26(37)15-4-9-18(10-5-15)38-27(29,30)31/h4-6,9-11,14,17,19,21,25H,1-3,7-8,12-13H2,(H,35,36). The first-order valence-corrected chi connectivity index (χ1v) is 12.7. The van der Waals surface area contributed by atoms with Gasteiger partial charge in [0.25, 0.3) is 5.91 Å². The van der Waals surface area contributed by atoms with Crippen molar-refractivity contribution in [3.8, 4) is 5.75 Å².